The first-order valence-corrected chi connectivity index (χ1v) is 7.67. The molecule has 24 heavy (non-hydrogen) atoms. The lowest BCUT2D eigenvalue weighted by atomic mass is 10.1. The molecule has 6 heteroatoms. The third-order valence-electron chi connectivity index (χ3n) is 3.61. The largest absolute Gasteiger partial charge is 0.422 e. The minimum atomic E-state index is -0.977. The molecule has 0 aliphatic carbocycles. The number of aliphatic hydroxyl groups is 1. The number of carbonyl (C=O) groups is 1. The van der Waals surface area contributed by atoms with Crippen molar-refractivity contribution in [3.05, 3.63) is 81.2 Å². The second-order valence-corrected chi connectivity index (χ2v) is 5.64. The smallest absolute Gasteiger partial charge is 0.349 e. The van der Waals surface area contributed by atoms with Gasteiger partial charge in [0.25, 0.3) is 5.91 Å². The van der Waals surface area contributed by atoms with Crippen LogP contribution in [0, 0.1) is 0 Å². The molecule has 0 fully saturated rings. The van der Waals surface area contributed by atoms with Gasteiger partial charge in [-0.15, -0.1) is 0 Å². The van der Waals surface area contributed by atoms with Gasteiger partial charge in [-0.05, 0) is 18.2 Å². The van der Waals surface area contributed by atoms with Crippen LogP contribution < -0.4 is 10.9 Å². The lowest BCUT2D eigenvalue weighted by Gasteiger charge is -2.13. The maximum absolute atomic E-state index is 12.2. The molecule has 0 aliphatic heterocycles. The van der Waals surface area contributed by atoms with Gasteiger partial charge in [0.2, 0.25) is 0 Å². The summed E-state index contributed by atoms with van der Waals surface area (Å²) in [5.41, 5.74) is 0.0821. The van der Waals surface area contributed by atoms with Crippen molar-refractivity contribution in [1.82, 2.24) is 5.32 Å². The van der Waals surface area contributed by atoms with Crippen LogP contribution in [0.2, 0.25) is 5.02 Å². The number of fused-ring (bicyclic) bond motifs is 1. The van der Waals surface area contributed by atoms with Crippen molar-refractivity contribution < 1.29 is 14.3 Å². The third-order valence-corrected chi connectivity index (χ3v) is 3.95. The molecule has 0 unspecified atom stereocenters. The zero-order valence-electron chi connectivity index (χ0n) is 12.5. The molecule has 5 nitrogen and oxygen atoms in total. The zero-order chi connectivity index (χ0) is 17.1. The average Bonchev–Trinajstić information content (AvgIpc) is 2.59. The van der Waals surface area contributed by atoms with E-state index in [1.54, 1.807) is 48.5 Å². The number of hydrogen-bond donors (Lipinski definition) is 2. The van der Waals surface area contributed by atoms with Gasteiger partial charge < -0.3 is 14.8 Å². The van der Waals surface area contributed by atoms with Gasteiger partial charge in [-0.25, -0.2) is 4.79 Å². The van der Waals surface area contributed by atoms with Crippen LogP contribution in [0.25, 0.3) is 11.0 Å². The van der Waals surface area contributed by atoms with Gasteiger partial charge >= 0.3 is 5.63 Å². The first-order chi connectivity index (χ1) is 11.6. The fourth-order valence-electron chi connectivity index (χ4n) is 2.36. The Hall–Kier alpha value is -2.63. The molecule has 0 saturated heterocycles. The summed E-state index contributed by atoms with van der Waals surface area (Å²) in [6, 6.07) is 15.2. The maximum Gasteiger partial charge on any atom is 0.349 e. The second-order valence-electron chi connectivity index (χ2n) is 5.23. The van der Waals surface area contributed by atoms with Gasteiger partial charge in [-0.3, -0.25) is 4.79 Å². The standard InChI is InChI=1S/C18H14ClNO4/c19-14-7-3-2-6-12(14)15(21)10-20-17(22)13-9-11-5-1-4-8-16(11)24-18(13)23/h1-9,15,21H,10H2,(H,20,22)/t15-/m1/s1. The Balaban J connectivity index is 1.77. The SMILES string of the molecule is O=C(NC[C@@H](O)c1ccccc1Cl)c1cc2ccccc2oc1=O. The highest BCUT2D eigenvalue weighted by atomic mass is 35.5. The maximum atomic E-state index is 12.2. The van der Waals surface area contributed by atoms with E-state index in [2.05, 4.69) is 5.32 Å². The molecule has 3 aromatic rings. The molecule has 0 aliphatic rings. The van der Waals surface area contributed by atoms with Crippen LogP contribution in [0.3, 0.4) is 0 Å². The fourth-order valence-corrected chi connectivity index (χ4v) is 2.62. The molecule has 0 bridgehead atoms. The molecular formula is C18H14ClNO4. The third kappa shape index (κ3) is 3.32. The van der Waals surface area contributed by atoms with Crippen LogP contribution in [0.1, 0.15) is 22.0 Å². The Morgan fingerprint density at radius 2 is 1.88 bits per heavy atom. The molecule has 1 heterocycles. The summed E-state index contributed by atoms with van der Waals surface area (Å²) in [5.74, 6) is -0.611. The highest BCUT2D eigenvalue weighted by Gasteiger charge is 2.16. The quantitative estimate of drug-likeness (QED) is 0.714. The fraction of sp³-hybridized carbons (Fsp3) is 0.111. The predicted molar refractivity (Wildman–Crippen MR) is 91.2 cm³/mol. The van der Waals surface area contributed by atoms with Crippen molar-refractivity contribution in [3.63, 3.8) is 0 Å². The molecule has 1 aromatic heterocycles. The minimum absolute atomic E-state index is 0.0746. The van der Waals surface area contributed by atoms with E-state index in [-0.39, 0.29) is 12.1 Å². The number of rotatable bonds is 4. The summed E-state index contributed by atoms with van der Waals surface area (Å²) >= 11 is 6.00. The highest BCUT2D eigenvalue weighted by Crippen LogP contribution is 2.22. The summed E-state index contributed by atoms with van der Waals surface area (Å²) in [6.07, 6.45) is -0.977. The van der Waals surface area contributed by atoms with Gasteiger partial charge in [0.05, 0.1) is 6.10 Å². The molecule has 0 spiro atoms. The normalized spacial score (nSPS) is 12.1. The summed E-state index contributed by atoms with van der Waals surface area (Å²) in [6.45, 7) is -0.0746. The van der Waals surface area contributed by atoms with Gasteiger partial charge in [0, 0.05) is 22.5 Å². The van der Waals surface area contributed by atoms with Crippen LogP contribution in [-0.4, -0.2) is 17.6 Å². The first kappa shape index (κ1) is 16.2. The van der Waals surface area contributed by atoms with Crippen molar-refractivity contribution >= 4 is 28.5 Å². The van der Waals surface area contributed by atoms with Crippen LogP contribution in [-0.2, 0) is 0 Å². The van der Waals surface area contributed by atoms with E-state index in [9.17, 15) is 14.7 Å². The Morgan fingerprint density at radius 1 is 1.17 bits per heavy atom. The van der Waals surface area contributed by atoms with E-state index in [1.807, 2.05) is 0 Å². The van der Waals surface area contributed by atoms with Crippen molar-refractivity contribution in [2.45, 2.75) is 6.10 Å². The lowest BCUT2D eigenvalue weighted by molar-refractivity contribution is 0.0913. The Labute approximate surface area is 142 Å². The zero-order valence-corrected chi connectivity index (χ0v) is 13.3. The monoisotopic (exact) mass is 343 g/mol. The number of nitrogens with one attached hydrogen (secondary N) is 1. The number of carbonyl (C=O) groups excluding carboxylic acids is 1. The summed E-state index contributed by atoms with van der Waals surface area (Å²) in [5, 5.41) is 13.7. The number of benzene rings is 2. The van der Waals surface area contributed by atoms with E-state index in [0.717, 1.165) is 0 Å². The van der Waals surface area contributed by atoms with Crippen LogP contribution in [0.4, 0.5) is 0 Å². The van der Waals surface area contributed by atoms with Gasteiger partial charge in [0.15, 0.2) is 0 Å². The van der Waals surface area contributed by atoms with Crippen molar-refractivity contribution in [3.8, 4) is 0 Å². The molecule has 2 aromatic carbocycles. The van der Waals surface area contributed by atoms with Crippen molar-refractivity contribution in [2.75, 3.05) is 6.54 Å². The summed E-state index contributed by atoms with van der Waals surface area (Å²) in [4.78, 5) is 24.1. The van der Waals surface area contributed by atoms with E-state index in [1.165, 1.54) is 6.07 Å². The molecule has 122 valence electrons. The number of para-hydroxylation sites is 1. The second kappa shape index (κ2) is 6.86. The molecule has 1 atom stereocenters. The minimum Gasteiger partial charge on any atom is -0.422 e. The number of aliphatic hydroxyl groups excluding tert-OH is 1. The van der Waals surface area contributed by atoms with E-state index >= 15 is 0 Å². The average molecular weight is 344 g/mol. The Morgan fingerprint density at radius 3 is 2.67 bits per heavy atom. The molecular weight excluding hydrogens is 330 g/mol. The van der Waals surface area contributed by atoms with Crippen molar-refractivity contribution in [2.24, 2.45) is 0 Å². The van der Waals surface area contributed by atoms with Gasteiger partial charge in [-0.1, -0.05) is 48.0 Å². The lowest BCUT2D eigenvalue weighted by Crippen LogP contribution is -2.31. The molecule has 3 rings (SSSR count). The van der Waals surface area contributed by atoms with Crippen molar-refractivity contribution in [1.29, 1.82) is 0 Å². The van der Waals surface area contributed by atoms with Crippen LogP contribution in [0.15, 0.2) is 63.8 Å². The molecule has 1 amide bonds. The highest BCUT2D eigenvalue weighted by molar-refractivity contribution is 6.31. The van der Waals surface area contributed by atoms with E-state index in [0.29, 0.717) is 21.6 Å². The van der Waals surface area contributed by atoms with Gasteiger partial charge in [-0.2, -0.15) is 0 Å². The summed E-state index contributed by atoms with van der Waals surface area (Å²) < 4.78 is 5.12. The van der Waals surface area contributed by atoms with Crippen LogP contribution in [0.5, 0.6) is 0 Å². The first-order valence-electron chi connectivity index (χ1n) is 7.30. The van der Waals surface area contributed by atoms with Gasteiger partial charge in [0.1, 0.15) is 11.1 Å². The topological polar surface area (TPSA) is 79.5 Å². The van der Waals surface area contributed by atoms with Crippen LogP contribution >= 0.6 is 11.6 Å². The van der Waals surface area contributed by atoms with E-state index < -0.39 is 17.6 Å². The Kier molecular flexibility index (Phi) is 4.64. The predicted octanol–water partition coefficient (Wildman–Crippen LogP) is 2.91. The Bertz CT molecular complexity index is 951. The molecule has 0 radical (unpaired) electrons. The van der Waals surface area contributed by atoms with E-state index in [4.69, 9.17) is 16.0 Å². The summed E-state index contributed by atoms with van der Waals surface area (Å²) in [7, 11) is 0. The molecule has 2 N–H and O–H groups in total. The number of hydrogen-bond acceptors (Lipinski definition) is 4. The molecule has 0 saturated carbocycles. The number of amides is 1. The number of halogens is 1.